The number of hydrogen-bond donors (Lipinski definition) is 1. The lowest BCUT2D eigenvalue weighted by Crippen LogP contribution is -2.39. The van der Waals surface area contributed by atoms with Crippen LogP contribution in [0.25, 0.3) is 0 Å². The van der Waals surface area contributed by atoms with E-state index < -0.39 is 5.82 Å². The lowest BCUT2D eigenvalue weighted by Gasteiger charge is -2.18. The van der Waals surface area contributed by atoms with E-state index in [4.69, 9.17) is 16.3 Å². The molecule has 4 nitrogen and oxygen atoms in total. The molecule has 0 aliphatic carbocycles. The molecule has 23 heavy (non-hydrogen) atoms. The Balaban J connectivity index is 1.75. The molecule has 0 saturated heterocycles. The first-order valence-corrected chi connectivity index (χ1v) is 7.55. The van der Waals surface area contributed by atoms with Crippen molar-refractivity contribution in [2.75, 3.05) is 20.2 Å². The summed E-state index contributed by atoms with van der Waals surface area (Å²) in [6, 6.07) is 13.2. The normalized spacial score (nSPS) is 10.2. The summed E-state index contributed by atoms with van der Waals surface area (Å²) in [5.74, 6) is -0.240. The maximum atomic E-state index is 13.4. The van der Waals surface area contributed by atoms with E-state index in [1.165, 1.54) is 11.0 Å². The molecule has 0 atom stereocenters. The summed E-state index contributed by atoms with van der Waals surface area (Å²) in [4.78, 5) is 13.4. The van der Waals surface area contributed by atoms with Crippen molar-refractivity contribution in [1.82, 2.24) is 10.2 Å². The van der Waals surface area contributed by atoms with Crippen molar-refractivity contribution in [2.24, 2.45) is 0 Å². The third-order valence-electron chi connectivity index (χ3n) is 3.26. The molecule has 0 saturated carbocycles. The number of urea groups is 1. The molecule has 0 unspecified atom stereocenters. The predicted octanol–water partition coefficient (Wildman–Crippen LogP) is 3.70. The molecular weight excluding hydrogens is 319 g/mol. The first kappa shape index (κ1) is 17.1. The minimum Gasteiger partial charge on any atom is -0.489 e. The van der Waals surface area contributed by atoms with E-state index in [0.717, 1.165) is 5.56 Å². The maximum absolute atomic E-state index is 13.4. The van der Waals surface area contributed by atoms with Crippen molar-refractivity contribution >= 4 is 17.6 Å². The second-order valence-electron chi connectivity index (χ2n) is 4.95. The Morgan fingerprint density at radius 3 is 2.65 bits per heavy atom. The smallest absolute Gasteiger partial charge is 0.317 e. The average Bonchev–Trinajstić information content (AvgIpc) is 2.55. The summed E-state index contributed by atoms with van der Waals surface area (Å²) in [6.45, 7) is 0.886. The minimum absolute atomic E-state index is 0.178. The highest BCUT2D eigenvalue weighted by Gasteiger charge is 2.09. The van der Waals surface area contributed by atoms with Crippen molar-refractivity contribution in [1.29, 1.82) is 0 Å². The summed E-state index contributed by atoms with van der Waals surface area (Å²) in [6.07, 6.45) is 0. The number of benzene rings is 2. The molecule has 2 aromatic carbocycles. The Labute approximate surface area is 139 Å². The van der Waals surface area contributed by atoms with Crippen LogP contribution in [0.3, 0.4) is 0 Å². The van der Waals surface area contributed by atoms with Gasteiger partial charge in [0, 0.05) is 18.6 Å². The van der Waals surface area contributed by atoms with Crippen LogP contribution in [0.15, 0.2) is 48.5 Å². The monoisotopic (exact) mass is 336 g/mol. The molecule has 0 aromatic heterocycles. The summed E-state index contributed by atoms with van der Waals surface area (Å²) < 4.78 is 18.7. The number of rotatable bonds is 6. The van der Waals surface area contributed by atoms with Gasteiger partial charge in [-0.3, -0.25) is 0 Å². The van der Waals surface area contributed by atoms with Crippen LogP contribution in [-0.2, 0) is 6.54 Å². The lowest BCUT2D eigenvalue weighted by molar-refractivity contribution is 0.193. The molecule has 0 aliphatic heterocycles. The molecule has 0 radical (unpaired) electrons. The number of para-hydroxylation sites is 1. The van der Waals surface area contributed by atoms with Crippen molar-refractivity contribution in [2.45, 2.75) is 6.54 Å². The molecule has 2 amide bonds. The SMILES string of the molecule is CN(CCOc1ccccc1F)C(=O)NCc1ccccc1Cl. The van der Waals surface area contributed by atoms with Crippen LogP contribution in [0.1, 0.15) is 5.56 Å². The number of nitrogens with zero attached hydrogens (tertiary/aromatic N) is 1. The van der Waals surface area contributed by atoms with E-state index in [2.05, 4.69) is 5.32 Å². The third-order valence-corrected chi connectivity index (χ3v) is 3.62. The number of halogens is 2. The molecular formula is C17H18ClFN2O2. The van der Waals surface area contributed by atoms with Gasteiger partial charge in [0.1, 0.15) is 6.61 Å². The predicted molar refractivity (Wildman–Crippen MR) is 88.2 cm³/mol. The second kappa shape index (κ2) is 8.39. The highest BCUT2D eigenvalue weighted by atomic mass is 35.5. The van der Waals surface area contributed by atoms with Crippen molar-refractivity contribution in [3.05, 3.63) is 64.9 Å². The zero-order valence-corrected chi connectivity index (χ0v) is 13.5. The van der Waals surface area contributed by atoms with E-state index in [9.17, 15) is 9.18 Å². The number of nitrogens with one attached hydrogen (secondary N) is 1. The molecule has 6 heteroatoms. The second-order valence-corrected chi connectivity index (χ2v) is 5.36. The van der Waals surface area contributed by atoms with E-state index in [-0.39, 0.29) is 18.4 Å². The quantitative estimate of drug-likeness (QED) is 0.874. The van der Waals surface area contributed by atoms with Gasteiger partial charge in [0.05, 0.1) is 6.54 Å². The Hall–Kier alpha value is -2.27. The molecule has 0 spiro atoms. The Bertz CT molecular complexity index is 667. The fourth-order valence-electron chi connectivity index (χ4n) is 1.90. The van der Waals surface area contributed by atoms with Gasteiger partial charge in [-0.2, -0.15) is 0 Å². The number of ether oxygens (including phenoxy) is 1. The van der Waals surface area contributed by atoms with Crippen molar-refractivity contribution < 1.29 is 13.9 Å². The molecule has 2 aromatic rings. The van der Waals surface area contributed by atoms with Gasteiger partial charge in [-0.1, -0.05) is 41.9 Å². The standard InChI is InChI=1S/C17H18ClFN2O2/c1-21(10-11-23-16-9-5-4-8-15(16)19)17(22)20-12-13-6-2-3-7-14(13)18/h2-9H,10-12H2,1H3,(H,20,22). The van der Waals surface area contributed by atoms with Gasteiger partial charge >= 0.3 is 6.03 Å². The molecule has 2 rings (SSSR count). The number of amides is 2. The Morgan fingerprint density at radius 1 is 1.22 bits per heavy atom. The highest BCUT2D eigenvalue weighted by molar-refractivity contribution is 6.31. The first-order chi connectivity index (χ1) is 11.1. The number of likely N-dealkylation sites (N-methyl/N-ethyl adjacent to an activating group) is 1. The van der Waals surface area contributed by atoms with Gasteiger partial charge in [-0.05, 0) is 23.8 Å². The van der Waals surface area contributed by atoms with Crippen LogP contribution in [-0.4, -0.2) is 31.1 Å². The van der Waals surface area contributed by atoms with Gasteiger partial charge in [0.2, 0.25) is 0 Å². The summed E-state index contributed by atoms with van der Waals surface area (Å²) in [5.41, 5.74) is 0.846. The fourth-order valence-corrected chi connectivity index (χ4v) is 2.11. The van der Waals surface area contributed by atoms with Gasteiger partial charge in [-0.15, -0.1) is 0 Å². The molecule has 122 valence electrons. The minimum atomic E-state index is -0.418. The van der Waals surface area contributed by atoms with E-state index in [1.807, 2.05) is 18.2 Å². The Kier molecular flexibility index (Phi) is 6.23. The third kappa shape index (κ3) is 5.14. The van der Waals surface area contributed by atoms with Crippen LogP contribution in [0.5, 0.6) is 5.75 Å². The summed E-state index contributed by atoms with van der Waals surface area (Å²) in [7, 11) is 1.65. The number of hydrogen-bond acceptors (Lipinski definition) is 2. The largest absolute Gasteiger partial charge is 0.489 e. The molecule has 1 N–H and O–H groups in total. The van der Waals surface area contributed by atoms with Gasteiger partial charge in [0.25, 0.3) is 0 Å². The van der Waals surface area contributed by atoms with Gasteiger partial charge < -0.3 is 15.0 Å². The van der Waals surface area contributed by atoms with E-state index in [0.29, 0.717) is 18.1 Å². The molecule has 0 fully saturated rings. The Morgan fingerprint density at radius 2 is 1.91 bits per heavy atom. The van der Waals surface area contributed by atoms with Crippen LogP contribution in [0, 0.1) is 5.82 Å². The van der Waals surface area contributed by atoms with Crippen LogP contribution < -0.4 is 10.1 Å². The van der Waals surface area contributed by atoms with Crippen LogP contribution in [0.4, 0.5) is 9.18 Å². The van der Waals surface area contributed by atoms with E-state index in [1.54, 1.807) is 31.3 Å². The fraction of sp³-hybridized carbons (Fsp3) is 0.235. The zero-order chi connectivity index (χ0) is 16.7. The van der Waals surface area contributed by atoms with Gasteiger partial charge in [0.15, 0.2) is 11.6 Å². The number of carbonyl (C=O) groups is 1. The molecule has 0 heterocycles. The van der Waals surface area contributed by atoms with Crippen LogP contribution in [0.2, 0.25) is 5.02 Å². The maximum Gasteiger partial charge on any atom is 0.317 e. The van der Waals surface area contributed by atoms with Crippen LogP contribution >= 0.6 is 11.6 Å². The first-order valence-electron chi connectivity index (χ1n) is 7.17. The van der Waals surface area contributed by atoms with Crippen molar-refractivity contribution in [3.63, 3.8) is 0 Å². The zero-order valence-electron chi connectivity index (χ0n) is 12.8. The summed E-state index contributed by atoms with van der Waals surface area (Å²) in [5, 5.41) is 3.38. The highest BCUT2D eigenvalue weighted by Crippen LogP contribution is 2.15. The number of carbonyl (C=O) groups excluding carboxylic acids is 1. The van der Waals surface area contributed by atoms with Gasteiger partial charge in [-0.25, -0.2) is 9.18 Å². The topological polar surface area (TPSA) is 41.6 Å². The van der Waals surface area contributed by atoms with Crippen molar-refractivity contribution in [3.8, 4) is 5.75 Å². The van der Waals surface area contributed by atoms with E-state index >= 15 is 0 Å². The average molecular weight is 337 g/mol. The molecule has 0 bridgehead atoms. The molecule has 0 aliphatic rings. The lowest BCUT2D eigenvalue weighted by atomic mass is 10.2. The summed E-state index contributed by atoms with van der Waals surface area (Å²) >= 11 is 6.03.